The molecule has 0 amide bonds. The fourth-order valence-corrected chi connectivity index (χ4v) is 2.15. The molecule has 0 aliphatic carbocycles. The second kappa shape index (κ2) is 11.4. The Kier molecular flexibility index (Phi) is 10.3. The maximum absolute atomic E-state index is 11.5. The number of rotatable bonds is 10. The lowest BCUT2D eigenvalue weighted by Crippen LogP contribution is -2.55. The quantitative estimate of drug-likeness (QED) is 0.302. The number of aliphatic hydroxyl groups excluding tert-OH is 1. The topological polar surface area (TPSA) is 141 Å². The number of nitriles is 1. The van der Waals surface area contributed by atoms with Crippen molar-refractivity contribution in [3.05, 3.63) is 0 Å². The van der Waals surface area contributed by atoms with Gasteiger partial charge in [-0.3, -0.25) is 14.4 Å². The van der Waals surface area contributed by atoms with Gasteiger partial charge < -0.3 is 28.8 Å². The van der Waals surface area contributed by atoms with Gasteiger partial charge in [0.25, 0.3) is 0 Å². The van der Waals surface area contributed by atoms with Crippen molar-refractivity contribution in [1.82, 2.24) is 0 Å². The van der Waals surface area contributed by atoms with Gasteiger partial charge in [-0.15, -0.1) is 0 Å². The summed E-state index contributed by atoms with van der Waals surface area (Å²) in [6, 6.07) is 1.52. The third-order valence-electron chi connectivity index (χ3n) is 2.98. The molecule has 0 saturated heterocycles. The zero-order valence-corrected chi connectivity index (χ0v) is 14.8. The number of carbonyl (C=O) groups excluding carboxylic acids is 3. The Morgan fingerprint density at radius 2 is 1.40 bits per heavy atom. The molecule has 0 saturated carbocycles. The highest BCUT2D eigenvalue weighted by Gasteiger charge is 2.44. The highest BCUT2D eigenvalue weighted by Crippen LogP contribution is 2.21. The molecule has 0 bridgehead atoms. The van der Waals surface area contributed by atoms with E-state index < -0.39 is 48.4 Å². The lowest BCUT2D eigenvalue weighted by Gasteiger charge is -2.35. The van der Waals surface area contributed by atoms with Crippen molar-refractivity contribution in [1.29, 1.82) is 5.26 Å². The van der Waals surface area contributed by atoms with Crippen LogP contribution >= 0.6 is 0 Å². The average Bonchev–Trinajstić information content (AvgIpc) is 2.51. The second-order valence-electron chi connectivity index (χ2n) is 5.03. The molecule has 1 N–H and O–H groups in total. The Labute approximate surface area is 145 Å². The van der Waals surface area contributed by atoms with Gasteiger partial charge >= 0.3 is 17.9 Å². The lowest BCUT2D eigenvalue weighted by molar-refractivity contribution is -0.201. The molecule has 10 heteroatoms. The van der Waals surface area contributed by atoms with Crippen LogP contribution in [0.3, 0.4) is 0 Å². The summed E-state index contributed by atoms with van der Waals surface area (Å²) in [6.07, 6.45) is -7.00. The fraction of sp³-hybridized carbons (Fsp3) is 0.733. The molecule has 0 aromatic heterocycles. The van der Waals surface area contributed by atoms with Crippen molar-refractivity contribution in [2.45, 2.75) is 51.3 Å². The van der Waals surface area contributed by atoms with Crippen LogP contribution in [0.1, 0.15) is 20.8 Å². The maximum Gasteiger partial charge on any atom is 0.303 e. The van der Waals surface area contributed by atoms with Gasteiger partial charge in [0.1, 0.15) is 6.10 Å². The van der Waals surface area contributed by atoms with E-state index in [4.69, 9.17) is 28.9 Å². The van der Waals surface area contributed by atoms with Crippen molar-refractivity contribution in [2.24, 2.45) is 0 Å². The summed E-state index contributed by atoms with van der Waals surface area (Å²) < 4.78 is 25.3. The van der Waals surface area contributed by atoms with Crippen LogP contribution in [0.2, 0.25) is 0 Å². The maximum atomic E-state index is 11.5. The van der Waals surface area contributed by atoms with Crippen molar-refractivity contribution in [3.8, 4) is 6.07 Å². The molecular formula is C15H23NO9. The minimum atomic E-state index is -1.77. The Hall–Kier alpha value is -2.22. The fourth-order valence-electron chi connectivity index (χ4n) is 2.15. The number of esters is 3. The molecule has 0 aliphatic heterocycles. The molecule has 0 rings (SSSR count). The number of methoxy groups -OCH3 is 2. The third-order valence-corrected chi connectivity index (χ3v) is 2.98. The summed E-state index contributed by atoms with van der Waals surface area (Å²) in [6.45, 7) is 3.15. The number of nitrogens with zero attached hydrogens (tertiary/aromatic N) is 1. The van der Waals surface area contributed by atoms with Crippen LogP contribution in [0.15, 0.2) is 0 Å². The summed E-state index contributed by atoms with van der Waals surface area (Å²) in [5.74, 6) is -2.22. The van der Waals surface area contributed by atoms with Crippen LogP contribution in [0.4, 0.5) is 0 Å². The predicted octanol–water partition coefficient (Wildman–Crippen LogP) is -0.673. The van der Waals surface area contributed by atoms with Gasteiger partial charge in [0.15, 0.2) is 24.4 Å². The molecule has 10 nitrogen and oxygen atoms in total. The second-order valence-corrected chi connectivity index (χ2v) is 5.03. The van der Waals surface area contributed by atoms with E-state index in [1.807, 2.05) is 0 Å². The van der Waals surface area contributed by atoms with Gasteiger partial charge in [0.05, 0.1) is 12.7 Å². The van der Waals surface area contributed by atoms with E-state index in [1.54, 1.807) is 0 Å². The van der Waals surface area contributed by atoms with Gasteiger partial charge in [-0.2, -0.15) is 5.26 Å². The summed E-state index contributed by atoms with van der Waals surface area (Å²) >= 11 is 0. The summed E-state index contributed by atoms with van der Waals surface area (Å²) in [5.41, 5.74) is 0. The van der Waals surface area contributed by atoms with E-state index in [1.165, 1.54) is 20.3 Å². The number of ether oxygens (including phenoxy) is 5. The van der Waals surface area contributed by atoms with Crippen LogP contribution in [0.5, 0.6) is 0 Å². The summed E-state index contributed by atoms with van der Waals surface area (Å²) in [7, 11) is 2.52. The lowest BCUT2D eigenvalue weighted by atomic mass is 9.98. The van der Waals surface area contributed by atoms with Crippen molar-refractivity contribution >= 4 is 17.9 Å². The monoisotopic (exact) mass is 361 g/mol. The number of hydrogen-bond donors (Lipinski definition) is 1. The van der Waals surface area contributed by atoms with E-state index >= 15 is 0 Å². The molecule has 142 valence electrons. The first-order chi connectivity index (χ1) is 11.7. The van der Waals surface area contributed by atoms with Crippen LogP contribution in [0, 0.1) is 11.3 Å². The third kappa shape index (κ3) is 7.93. The first-order valence-electron chi connectivity index (χ1n) is 7.28. The largest absolute Gasteiger partial charge is 0.456 e. The zero-order valence-electron chi connectivity index (χ0n) is 14.8. The van der Waals surface area contributed by atoms with Crippen molar-refractivity contribution < 1.29 is 43.2 Å². The van der Waals surface area contributed by atoms with Gasteiger partial charge in [0, 0.05) is 35.0 Å². The van der Waals surface area contributed by atoms with Crippen LogP contribution < -0.4 is 0 Å². The standard InChI is InChI=1S/C15H23NO9/c1-8(17)23-12(7-21-4)14(25-10(3)19)15(22-5)13(11(20)6-16)24-9(2)18/h11-15,20H,7H2,1-5H3/t11?,12-,13+,14-,15-/m1/s1. The van der Waals surface area contributed by atoms with Gasteiger partial charge in [-0.05, 0) is 0 Å². The first-order valence-corrected chi connectivity index (χ1v) is 7.28. The SMILES string of the molecule is COC[C@@H](OC(C)=O)[C@@H](OC(C)=O)[C@H](OC)[C@@H](OC(C)=O)C(O)C#N. The normalized spacial score (nSPS) is 16.5. The van der Waals surface area contributed by atoms with E-state index in [0.29, 0.717) is 0 Å². The zero-order chi connectivity index (χ0) is 19.6. The molecule has 0 heterocycles. The predicted molar refractivity (Wildman–Crippen MR) is 81.0 cm³/mol. The minimum Gasteiger partial charge on any atom is -0.456 e. The molecular weight excluding hydrogens is 338 g/mol. The molecule has 5 atom stereocenters. The van der Waals surface area contributed by atoms with Crippen molar-refractivity contribution in [3.63, 3.8) is 0 Å². The Morgan fingerprint density at radius 3 is 1.76 bits per heavy atom. The first kappa shape index (κ1) is 22.8. The van der Waals surface area contributed by atoms with Gasteiger partial charge in [0.2, 0.25) is 0 Å². The van der Waals surface area contributed by atoms with Crippen LogP contribution in [-0.2, 0) is 38.1 Å². The average molecular weight is 361 g/mol. The van der Waals surface area contributed by atoms with Gasteiger partial charge in [-0.25, -0.2) is 0 Å². The summed E-state index contributed by atoms with van der Waals surface area (Å²) in [4.78, 5) is 34.1. The van der Waals surface area contributed by atoms with E-state index in [-0.39, 0.29) is 6.61 Å². The van der Waals surface area contributed by atoms with Crippen LogP contribution in [0.25, 0.3) is 0 Å². The Balaban J connectivity index is 5.85. The van der Waals surface area contributed by atoms with E-state index in [9.17, 15) is 19.5 Å². The molecule has 0 spiro atoms. The highest BCUT2D eigenvalue weighted by molar-refractivity contribution is 5.68. The minimum absolute atomic E-state index is 0.174. The van der Waals surface area contributed by atoms with E-state index in [0.717, 1.165) is 20.8 Å². The number of hydrogen-bond acceptors (Lipinski definition) is 10. The number of aliphatic hydroxyl groups is 1. The molecule has 25 heavy (non-hydrogen) atoms. The summed E-state index contributed by atoms with van der Waals surface area (Å²) in [5, 5.41) is 18.8. The van der Waals surface area contributed by atoms with Gasteiger partial charge in [-0.1, -0.05) is 0 Å². The Bertz CT molecular complexity index is 502. The van der Waals surface area contributed by atoms with E-state index in [2.05, 4.69) is 0 Å². The molecule has 0 aromatic rings. The Morgan fingerprint density at radius 1 is 0.920 bits per heavy atom. The van der Waals surface area contributed by atoms with Crippen LogP contribution in [-0.4, -0.2) is 74.4 Å². The highest BCUT2D eigenvalue weighted by atomic mass is 16.6. The van der Waals surface area contributed by atoms with Crippen molar-refractivity contribution in [2.75, 3.05) is 20.8 Å². The molecule has 0 radical (unpaired) electrons. The smallest absolute Gasteiger partial charge is 0.303 e. The number of carbonyl (C=O) groups is 3. The molecule has 0 fully saturated rings. The molecule has 0 aromatic carbocycles. The molecule has 0 aliphatic rings. The molecule has 1 unspecified atom stereocenters.